The second kappa shape index (κ2) is 9.54. The van der Waals surface area contributed by atoms with Crippen molar-refractivity contribution < 1.29 is 13.2 Å². The van der Waals surface area contributed by atoms with Crippen LogP contribution in [0.4, 0.5) is 5.69 Å². The Labute approximate surface area is 170 Å². The van der Waals surface area contributed by atoms with Crippen LogP contribution >= 0.6 is 11.8 Å². The maximum absolute atomic E-state index is 12.6. The number of hydrogen-bond acceptors (Lipinski definition) is 5. The Morgan fingerprint density at radius 3 is 2.43 bits per heavy atom. The van der Waals surface area contributed by atoms with E-state index >= 15 is 0 Å². The molecular formula is C20H25N3O3S2. The topological polar surface area (TPSA) is 79.4 Å². The van der Waals surface area contributed by atoms with Gasteiger partial charge in [-0.2, -0.15) is 4.31 Å². The first-order chi connectivity index (χ1) is 13.5. The van der Waals surface area contributed by atoms with Crippen LogP contribution in [0.2, 0.25) is 0 Å². The summed E-state index contributed by atoms with van der Waals surface area (Å²) in [4.78, 5) is 16.5. The van der Waals surface area contributed by atoms with Gasteiger partial charge >= 0.3 is 0 Å². The molecule has 1 amide bonds. The number of anilines is 1. The molecule has 0 bridgehead atoms. The summed E-state index contributed by atoms with van der Waals surface area (Å²) in [7, 11) is -3.47. The largest absolute Gasteiger partial charge is 0.325 e. The monoisotopic (exact) mass is 419 g/mol. The SMILES string of the molecule is CCc1ccc(NC(=O)CSc2ccc(S(=O)(=O)N3CCCCC3)cn2)cc1. The van der Waals surface area contributed by atoms with E-state index in [0.29, 0.717) is 18.1 Å². The van der Waals surface area contributed by atoms with E-state index in [1.165, 1.54) is 27.8 Å². The van der Waals surface area contributed by atoms with Crippen LogP contribution in [0.3, 0.4) is 0 Å². The van der Waals surface area contributed by atoms with E-state index in [-0.39, 0.29) is 16.6 Å². The number of thioether (sulfide) groups is 1. The molecule has 0 radical (unpaired) electrons. The lowest BCUT2D eigenvalue weighted by molar-refractivity contribution is -0.113. The summed E-state index contributed by atoms with van der Waals surface area (Å²) in [6, 6.07) is 11.0. The second-order valence-electron chi connectivity index (χ2n) is 6.68. The van der Waals surface area contributed by atoms with Gasteiger partial charge in [-0.15, -0.1) is 0 Å². The number of rotatable bonds is 7. The van der Waals surface area contributed by atoms with Gasteiger partial charge in [0.2, 0.25) is 15.9 Å². The summed E-state index contributed by atoms with van der Waals surface area (Å²) in [5.41, 5.74) is 1.98. The minimum atomic E-state index is -3.47. The van der Waals surface area contributed by atoms with Crippen LogP contribution < -0.4 is 5.32 Å². The zero-order chi connectivity index (χ0) is 20.0. The number of sulfonamides is 1. The van der Waals surface area contributed by atoms with Gasteiger partial charge in [0.1, 0.15) is 4.90 Å². The number of nitrogens with zero attached hydrogens (tertiary/aromatic N) is 2. The Hall–Kier alpha value is -1.90. The van der Waals surface area contributed by atoms with Crippen LogP contribution in [-0.4, -0.2) is 42.5 Å². The average molecular weight is 420 g/mol. The summed E-state index contributed by atoms with van der Waals surface area (Å²) >= 11 is 1.28. The van der Waals surface area contributed by atoms with Crippen LogP contribution in [-0.2, 0) is 21.2 Å². The molecule has 1 N–H and O–H groups in total. The quantitative estimate of drug-likeness (QED) is 0.695. The fourth-order valence-electron chi connectivity index (χ4n) is 3.02. The molecule has 1 aliphatic rings. The number of aryl methyl sites for hydroxylation is 1. The van der Waals surface area contributed by atoms with Crippen molar-refractivity contribution >= 4 is 33.4 Å². The lowest BCUT2D eigenvalue weighted by Gasteiger charge is -2.25. The van der Waals surface area contributed by atoms with Crippen molar-refractivity contribution in [2.75, 3.05) is 24.2 Å². The van der Waals surface area contributed by atoms with Crippen LogP contribution in [0.25, 0.3) is 0 Å². The summed E-state index contributed by atoms with van der Waals surface area (Å²) in [6.07, 6.45) is 5.21. The number of pyridine rings is 1. The molecule has 2 aromatic rings. The van der Waals surface area contributed by atoms with E-state index in [0.717, 1.165) is 31.4 Å². The number of piperidine rings is 1. The van der Waals surface area contributed by atoms with E-state index < -0.39 is 10.0 Å². The highest BCUT2D eigenvalue weighted by molar-refractivity contribution is 7.99. The number of amides is 1. The van der Waals surface area contributed by atoms with Crippen molar-refractivity contribution in [3.63, 3.8) is 0 Å². The van der Waals surface area contributed by atoms with E-state index in [1.807, 2.05) is 24.3 Å². The second-order valence-corrected chi connectivity index (χ2v) is 9.62. The van der Waals surface area contributed by atoms with E-state index in [2.05, 4.69) is 17.2 Å². The Kier molecular flexibility index (Phi) is 7.09. The Morgan fingerprint density at radius 1 is 1.11 bits per heavy atom. The molecule has 1 aromatic carbocycles. The Bertz CT molecular complexity index is 891. The van der Waals surface area contributed by atoms with Crippen molar-refractivity contribution in [3.8, 4) is 0 Å². The summed E-state index contributed by atoms with van der Waals surface area (Å²) in [5.74, 6) is 0.0851. The Morgan fingerprint density at radius 2 is 1.82 bits per heavy atom. The molecule has 8 heteroatoms. The van der Waals surface area contributed by atoms with Gasteiger partial charge in [-0.05, 0) is 49.1 Å². The van der Waals surface area contributed by atoms with Gasteiger partial charge in [0.15, 0.2) is 0 Å². The zero-order valence-corrected chi connectivity index (χ0v) is 17.6. The van der Waals surface area contributed by atoms with Crippen molar-refractivity contribution in [2.45, 2.75) is 42.5 Å². The van der Waals surface area contributed by atoms with E-state index in [4.69, 9.17) is 0 Å². The molecule has 0 atom stereocenters. The van der Waals surface area contributed by atoms with Crippen LogP contribution in [0.5, 0.6) is 0 Å². The van der Waals surface area contributed by atoms with Gasteiger partial charge in [0.25, 0.3) is 0 Å². The van der Waals surface area contributed by atoms with Crippen molar-refractivity contribution in [3.05, 3.63) is 48.2 Å². The number of benzene rings is 1. The molecule has 0 spiro atoms. The molecular weight excluding hydrogens is 394 g/mol. The maximum Gasteiger partial charge on any atom is 0.244 e. The maximum atomic E-state index is 12.6. The molecule has 3 rings (SSSR count). The van der Waals surface area contributed by atoms with Gasteiger partial charge in [-0.3, -0.25) is 4.79 Å². The lowest BCUT2D eigenvalue weighted by Crippen LogP contribution is -2.35. The number of carbonyl (C=O) groups is 1. The molecule has 1 aliphatic heterocycles. The molecule has 28 heavy (non-hydrogen) atoms. The van der Waals surface area contributed by atoms with Crippen LogP contribution in [0, 0.1) is 0 Å². The van der Waals surface area contributed by atoms with Crippen LogP contribution in [0.15, 0.2) is 52.5 Å². The van der Waals surface area contributed by atoms with Gasteiger partial charge < -0.3 is 5.32 Å². The lowest BCUT2D eigenvalue weighted by atomic mass is 10.1. The normalized spacial score (nSPS) is 15.3. The molecule has 150 valence electrons. The average Bonchev–Trinajstić information content (AvgIpc) is 2.74. The molecule has 2 heterocycles. The van der Waals surface area contributed by atoms with Crippen molar-refractivity contribution in [1.29, 1.82) is 0 Å². The summed E-state index contributed by atoms with van der Waals surface area (Å²) < 4.78 is 26.8. The number of carbonyl (C=O) groups excluding carboxylic acids is 1. The highest BCUT2D eigenvalue weighted by atomic mass is 32.2. The molecule has 1 fully saturated rings. The third-order valence-corrected chi connectivity index (χ3v) is 7.49. The number of hydrogen-bond donors (Lipinski definition) is 1. The minimum Gasteiger partial charge on any atom is -0.325 e. The smallest absolute Gasteiger partial charge is 0.244 e. The van der Waals surface area contributed by atoms with Gasteiger partial charge in [-0.1, -0.05) is 37.2 Å². The fraction of sp³-hybridized carbons (Fsp3) is 0.400. The molecule has 6 nitrogen and oxygen atoms in total. The fourth-order valence-corrected chi connectivity index (χ4v) is 5.12. The van der Waals surface area contributed by atoms with Gasteiger partial charge in [0.05, 0.1) is 10.8 Å². The number of aromatic nitrogens is 1. The molecule has 0 aliphatic carbocycles. The third kappa shape index (κ3) is 5.33. The molecule has 0 unspecified atom stereocenters. The van der Waals surface area contributed by atoms with Crippen molar-refractivity contribution in [2.24, 2.45) is 0 Å². The molecule has 1 saturated heterocycles. The minimum absolute atomic E-state index is 0.124. The first-order valence-electron chi connectivity index (χ1n) is 9.47. The first-order valence-corrected chi connectivity index (χ1v) is 11.9. The predicted octanol–water partition coefficient (Wildman–Crippen LogP) is 3.55. The molecule has 0 saturated carbocycles. The Balaban J connectivity index is 1.54. The highest BCUT2D eigenvalue weighted by Crippen LogP contribution is 2.22. The third-order valence-electron chi connectivity index (χ3n) is 4.66. The first kappa shape index (κ1) is 20.8. The summed E-state index contributed by atoms with van der Waals surface area (Å²) in [6.45, 7) is 3.22. The molecule has 1 aromatic heterocycles. The standard InChI is InChI=1S/C20H25N3O3S2/c1-2-16-6-8-17(9-7-16)22-19(24)15-27-20-11-10-18(14-21-20)28(25,26)23-12-4-3-5-13-23/h6-11,14H,2-5,12-13,15H2,1H3,(H,22,24). The number of nitrogens with one attached hydrogen (secondary N) is 1. The highest BCUT2D eigenvalue weighted by Gasteiger charge is 2.26. The zero-order valence-electron chi connectivity index (χ0n) is 15.9. The van der Waals surface area contributed by atoms with Crippen molar-refractivity contribution in [1.82, 2.24) is 9.29 Å². The van der Waals surface area contributed by atoms with Crippen LogP contribution in [0.1, 0.15) is 31.7 Å². The van der Waals surface area contributed by atoms with E-state index in [9.17, 15) is 13.2 Å². The predicted molar refractivity (Wildman–Crippen MR) is 112 cm³/mol. The van der Waals surface area contributed by atoms with E-state index in [1.54, 1.807) is 12.1 Å². The van der Waals surface area contributed by atoms with Gasteiger partial charge in [0, 0.05) is 25.0 Å². The summed E-state index contributed by atoms with van der Waals surface area (Å²) in [5, 5.41) is 3.47. The van der Waals surface area contributed by atoms with Gasteiger partial charge in [-0.25, -0.2) is 13.4 Å².